The lowest BCUT2D eigenvalue weighted by molar-refractivity contribution is -0.132. The van der Waals surface area contributed by atoms with Crippen molar-refractivity contribution in [1.82, 2.24) is 30.0 Å². The number of nitrogens with zero attached hydrogens (tertiary/aromatic N) is 4. The highest BCUT2D eigenvalue weighted by atomic mass is 19.1. The predicted octanol–water partition coefficient (Wildman–Crippen LogP) is 4.05. The second-order valence-electron chi connectivity index (χ2n) is 10.3. The molecule has 5 rings (SSSR count). The summed E-state index contributed by atoms with van der Waals surface area (Å²) in [5.41, 5.74) is 0.775. The number of nitrogens with one attached hydrogen (secondary N) is 2. The minimum Gasteiger partial charge on any atom is -0.478 e. The number of hydrogen-bond donors (Lipinski definition) is 4. The summed E-state index contributed by atoms with van der Waals surface area (Å²) in [5, 5.41) is 26.3. The van der Waals surface area contributed by atoms with Crippen LogP contribution in [-0.4, -0.2) is 65.9 Å². The Morgan fingerprint density at radius 3 is 2.56 bits per heavy atom. The number of imidazole rings is 1. The fraction of sp³-hybridized carbons (Fsp3) is 0.444. The average molecular weight is 539 g/mol. The summed E-state index contributed by atoms with van der Waals surface area (Å²) in [4.78, 5) is 45.2. The third kappa shape index (κ3) is 4.98. The van der Waals surface area contributed by atoms with E-state index in [9.17, 15) is 24.6 Å². The Morgan fingerprint density at radius 2 is 1.90 bits per heavy atom. The zero-order valence-electron chi connectivity index (χ0n) is 21.8. The molecule has 12 heteroatoms. The normalized spacial score (nSPS) is 20.4. The molecule has 0 saturated heterocycles. The van der Waals surface area contributed by atoms with Crippen LogP contribution in [0.3, 0.4) is 0 Å². The number of aromatic nitrogens is 4. The molecule has 1 aliphatic carbocycles. The first-order chi connectivity index (χ1) is 18.7. The Labute approximate surface area is 223 Å². The molecule has 39 heavy (non-hydrogen) atoms. The third-order valence-electron chi connectivity index (χ3n) is 7.89. The first-order valence-electron chi connectivity index (χ1n) is 13.1. The SMILES string of the molecule is CCn1nccc1C(=O)NC(c1nc2c(F)c(C3=C(C(=O)O)CN(C(=O)O)C3)ccc2[nH]1)C1CCC(C)CC1. The summed E-state index contributed by atoms with van der Waals surface area (Å²) >= 11 is 0. The Kier molecular flexibility index (Phi) is 7.11. The predicted molar refractivity (Wildman–Crippen MR) is 139 cm³/mol. The van der Waals surface area contributed by atoms with E-state index < -0.39 is 23.9 Å². The summed E-state index contributed by atoms with van der Waals surface area (Å²) in [5.74, 6) is -1.23. The monoisotopic (exact) mass is 538 g/mol. The van der Waals surface area contributed by atoms with Gasteiger partial charge in [-0.2, -0.15) is 5.10 Å². The number of aromatic amines is 1. The molecule has 1 saturated carbocycles. The molecule has 2 aliphatic rings. The molecule has 1 aromatic carbocycles. The maximum Gasteiger partial charge on any atom is 0.407 e. The number of amides is 2. The molecule has 0 bridgehead atoms. The van der Waals surface area contributed by atoms with Gasteiger partial charge in [0.05, 0.1) is 30.2 Å². The van der Waals surface area contributed by atoms with Gasteiger partial charge in [-0.25, -0.2) is 19.0 Å². The van der Waals surface area contributed by atoms with Crippen LogP contribution in [0.4, 0.5) is 9.18 Å². The van der Waals surface area contributed by atoms with Crippen LogP contribution in [0.5, 0.6) is 0 Å². The minimum absolute atomic E-state index is 0.000578. The van der Waals surface area contributed by atoms with Crippen LogP contribution in [0.25, 0.3) is 16.6 Å². The van der Waals surface area contributed by atoms with E-state index in [0.29, 0.717) is 29.5 Å². The average Bonchev–Trinajstić information content (AvgIpc) is 3.66. The molecule has 206 valence electrons. The van der Waals surface area contributed by atoms with Gasteiger partial charge < -0.3 is 20.5 Å². The van der Waals surface area contributed by atoms with Gasteiger partial charge in [-0.15, -0.1) is 0 Å². The fourth-order valence-corrected chi connectivity index (χ4v) is 5.67. The topological polar surface area (TPSA) is 153 Å². The lowest BCUT2D eigenvalue weighted by atomic mass is 9.79. The van der Waals surface area contributed by atoms with E-state index in [2.05, 4.69) is 27.3 Å². The van der Waals surface area contributed by atoms with Crippen molar-refractivity contribution < 1.29 is 29.0 Å². The number of aliphatic carboxylic acids is 1. The molecular weight excluding hydrogens is 507 g/mol. The van der Waals surface area contributed by atoms with Crippen LogP contribution < -0.4 is 5.32 Å². The molecule has 1 aliphatic heterocycles. The quantitative estimate of drug-likeness (QED) is 0.354. The number of H-pyrrole nitrogens is 1. The van der Waals surface area contributed by atoms with E-state index in [1.165, 1.54) is 6.07 Å². The number of benzene rings is 1. The van der Waals surface area contributed by atoms with Crippen molar-refractivity contribution in [3.63, 3.8) is 0 Å². The van der Waals surface area contributed by atoms with Crippen molar-refractivity contribution in [2.75, 3.05) is 13.1 Å². The highest BCUT2D eigenvalue weighted by molar-refractivity contribution is 6.01. The smallest absolute Gasteiger partial charge is 0.407 e. The first-order valence-corrected chi connectivity index (χ1v) is 13.1. The van der Waals surface area contributed by atoms with Crippen LogP contribution in [0, 0.1) is 17.7 Å². The molecule has 2 amide bonds. The summed E-state index contributed by atoms with van der Waals surface area (Å²) in [6.07, 6.45) is 4.07. The van der Waals surface area contributed by atoms with Crippen LogP contribution >= 0.6 is 0 Å². The maximum absolute atomic E-state index is 15.9. The molecule has 0 radical (unpaired) electrons. The van der Waals surface area contributed by atoms with Gasteiger partial charge >= 0.3 is 12.1 Å². The zero-order valence-corrected chi connectivity index (χ0v) is 21.8. The summed E-state index contributed by atoms with van der Waals surface area (Å²) in [6.45, 7) is 4.07. The van der Waals surface area contributed by atoms with E-state index >= 15 is 4.39 Å². The van der Waals surface area contributed by atoms with E-state index in [0.717, 1.165) is 30.6 Å². The van der Waals surface area contributed by atoms with Gasteiger partial charge in [-0.1, -0.05) is 19.8 Å². The van der Waals surface area contributed by atoms with Gasteiger partial charge in [0.15, 0.2) is 5.82 Å². The molecule has 0 spiro atoms. The Balaban J connectivity index is 1.52. The van der Waals surface area contributed by atoms with Crippen molar-refractivity contribution in [2.24, 2.45) is 11.8 Å². The number of carbonyl (C=O) groups excluding carboxylic acids is 1. The molecule has 1 fully saturated rings. The van der Waals surface area contributed by atoms with Crippen molar-refractivity contribution in [1.29, 1.82) is 0 Å². The molecule has 1 atom stereocenters. The molecule has 1 unspecified atom stereocenters. The molecule has 4 N–H and O–H groups in total. The van der Waals surface area contributed by atoms with Gasteiger partial charge in [0.2, 0.25) is 0 Å². The number of fused-ring (bicyclic) bond motifs is 1. The largest absolute Gasteiger partial charge is 0.478 e. The molecule has 11 nitrogen and oxygen atoms in total. The van der Waals surface area contributed by atoms with E-state index in [4.69, 9.17) is 0 Å². The van der Waals surface area contributed by atoms with Gasteiger partial charge in [-0.05, 0) is 55.4 Å². The minimum atomic E-state index is -1.29. The van der Waals surface area contributed by atoms with Gasteiger partial charge in [0.25, 0.3) is 5.91 Å². The van der Waals surface area contributed by atoms with Crippen LogP contribution in [0.2, 0.25) is 0 Å². The Bertz CT molecular complexity index is 1470. The number of halogens is 1. The van der Waals surface area contributed by atoms with Gasteiger partial charge in [0, 0.05) is 18.3 Å². The first kappa shape index (κ1) is 26.4. The highest BCUT2D eigenvalue weighted by Crippen LogP contribution is 2.38. The van der Waals surface area contributed by atoms with Gasteiger partial charge in [0.1, 0.15) is 17.0 Å². The van der Waals surface area contributed by atoms with E-state index in [-0.39, 0.29) is 47.1 Å². The molecule has 2 aromatic heterocycles. The molecule has 3 aromatic rings. The number of hydrogen-bond acceptors (Lipinski definition) is 5. The molecule has 3 heterocycles. The van der Waals surface area contributed by atoms with Crippen molar-refractivity contribution >= 4 is 34.6 Å². The third-order valence-corrected chi connectivity index (χ3v) is 7.89. The summed E-state index contributed by atoms with van der Waals surface area (Å²) in [7, 11) is 0. The molecular formula is C27H31FN6O5. The van der Waals surface area contributed by atoms with Crippen molar-refractivity contribution in [3.05, 3.63) is 52.9 Å². The summed E-state index contributed by atoms with van der Waals surface area (Å²) in [6, 6.07) is 4.20. The van der Waals surface area contributed by atoms with Crippen LogP contribution in [-0.2, 0) is 11.3 Å². The number of carboxylic acid groups (broad SMARTS) is 2. The van der Waals surface area contributed by atoms with E-state index in [1.54, 1.807) is 23.0 Å². The van der Waals surface area contributed by atoms with Crippen molar-refractivity contribution in [3.8, 4) is 0 Å². The maximum atomic E-state index is 15.9. The number of aryl methyl sites for hydroxylation is 1. The number of rotatable bonds is 7. The Morgan fingerprint density at radius 1 is 1.15 bits per heavy atom. The van der Waals surface area contributed by atoms with Crippen LogP contribution in [0.15, 0.2) is 30.0 Å². The standard InChI is InChI=1S/C27H31FN6O5/c1-3-34-20(10-11-29-34)25(35)32-22(15-6-4-14(2)5-7-15)24-30-19-9-8-16(21(28)23(19)31-24)17-12-33(27(38)39)13-18(17)26(36)37/h8-11,14-15,22H,3-7,12-13H2,1-2H3,(H,30,31)(H,32,35)(H,36,37)(H,38,39). The van der Waals surface area contributed by atoms with Crippen LogP contribution in [0.1, 0.15) is 67.4 Å². The van der Waals surface area contributed by atoms with Gasteiger partial charge in [-0.3, -0.25) is 14.4 Å². The fourth-order valence-electron chi connectivity index (χ4n) is 5.67. The second kappa shape index (κ2) is 10.5. The Hall–Kier alpha value is -4.22. The number of carbonyl (C=O) groups is 3. The highest BCUT2D eigenvalue weighted by Gasteiger charge is 2.34. The van der Waals surface area contributed by atoms with Crippen molar-refractivity contribution in [2.45, 2.75) is 52.1 Å². The zero-order chi connectivity index (χ0) is 27.8. The lowest BCUT2D eigenvalue weighted by Crippen LogP contribution is -2.36. The van der Waals surface area contributed by atoms with E-state index in [1.807, 2.05) is 6.92 Å². The lowest BCUT2D eigenvalue weighted by Gasteiger charge is -2.32. The number of carboxylic acids is 1. The second-order valence-corrected chi connectivity index (χ2v) is 10.3. The summed E-state index contributed by atoms with van der Waals surface area (Å²) < 4.78 is 17.5.